The van der Waals surface area contributed by atoms with Gasteiger partial charge in [-0.05, 0) is 79.3 Å². The van der Waals surface area contributed by atoms with Gasteiger partial charge in [0.25, 0.3) is 15.6 Å². The first kappa shape index (κ1) is 27.1. The van der Waals surface area contributed by atoms with Gasteiger partial charge in [0.15, 0.2) is 0 Å². The number of hydrogen-bond donors (Lipinski definition) is 2. The number of nitrogen functional groups attached to an aromatic ring is 1. The molecule has 0 aliphatic carbocycles. The molecule has 0 saturated carbocycles. The Morgan fingerprint density at radius 2 is 1.65 bits per heavy atom. The van der Waals surface area contributed by atoms with Crippen molar-refractivity contribution in [3.63, 3.8) is 0 Å². The number of anilines is 1. The summed E-state index contributed by atoms with van der Waals surface area (Å²) in [4.78, 5) is 31.0. The number of aromatic nitrogens is 5. The molecule has 3 aromatic heterocycles. The molecule has 0 radical (unpaired) electrons. The van der Waals surface area contributed by atoms with E-state index in [1.807, 2.05) is 40.7 Å². The third-order valence-electron chi connectivity index (χ3n) is 7.08. The fraction of sp³-hybridized carbons (Fsp3) is 0.241. The van der Waals surface area contributed by atoms with Gasteiger partial charge in [0, 0.05) is 23.7 Å². The number of H-pyrrole nitrogens is 1. The number of nitrogens with zero attached hydrogens (tertiary/aromatic N) is 4. The number of aromatic amines is 1. The quantitative estimate of drug-likeness (QED) is 0.323. The summed E-state index contributed by atoms with van der Waals surface area (Å²) < 4.78 is 29.5. The molecule has 0 spiro atoms. The second-order valence-corrected chi connectivity index (χ2v) is 12.2. The summed E-state index contributed by atoms with van der Waals surface area (Å²) in [6, 6.07) is 12.4. The first-order chi connectivity index (χ1) is 18.9. The summed E-state index contributed by atoms with van der Waals surface area (Å²) in [5, 5.41) is 4.76. The molecular formula is C29H30N6O4S. The lowest BCUT2D eigenvalue weighted by Gasteiger charge is -2.14. The van der Waals surface area contributed by atoms with E-state index >= 15 is 0 Å². The van der Waals surface area contributed by atoms with Crippen LogP contribution in [0.5, 0.6) is 0 Å². The largest absolute Gasteiger partial charge is 0.378 e. The number of benzene rings is 2. The molecule has 5 aromatic rings. The molecule has 0 saturated heterocycles. The second kappa shape index (κ2) is 9.91. The van der Waals surface area contributed by atoms with Crippen LogP contribution in [0.15, 0.2) is 69.3 Å². The SMILES string of the molecule is Cc1ccc(S(=O)(=O)n2cc(C(C)C)c3cc(Cc4c(C)cc(-n5nc(N)c(=O)[nH]c5=O)cc4C)ncc32)cc1. The van der Waals surface area contributed by atoms with Gasteiger partial charge in [-0.3, -0.25) is 14.8 Å². The Kier molecular flexibility index (Phi) is 6.70. The summed E-state index contributed by atoms with van der Waals surface area (Å²) in [6.07, 6.45) is 3.81. The molecule has 11 heteroatoms. The molecule has 2 aromatic carbocycles. The molecule has 206 valence electrons. The van der Waals surface area contributed by atoms with Gasteiger partial charge in [0.1, 0.15) is 0 Å². The van der Waals surface area contributed by atoms with E-state index in [4.69, 9.17) is 5.73 Å². The number of aryl methyl sites for hydroxylation is 3. The molecule has 0 amide bonds. The zero-order valence-electron chi connectivity index (χ0n) is 22.9. The van der Waals surface area contributed by atoms with Gasteiger partial charge in [-0.15, -0.1) is 5.10 Å². The van der Waals surface area contributed by atoms with Crippen LogP contribution >= 0.6 is 0 Å². The number of hydrogen-bond acceptors (Lipinski definition) is 7. The number of rotatable bonds is 6. The molecule has 3 N–H and O–H groups in total. The van der Waals surface area contributed by atoms with Gasteiger partial charge in [0.2, 0.25) is 5.82 Å². The minimum absolute atomic E-state index is 0.0885. The van der Waals surface area contributed by atoms with Crippen molar-refractivity contribution in [2.75, 3.05) is 5.73 Å². The molecule has 0 atom stereocenters. The molecule has 40 heavy (non-hydrogen) atoms. The summed E-state index contributed by atoms with van der Waals surface area (Å²) in [7, 11) is -3.81. The zero-order chi connectivity index (χ0) is 28.9. The van der Waals surface area contributed by atoms with Crippen LogP contribution in [-0.4, -0.2) is 32.1 Å². The molecular weight excluding hydrogens is 528 g/mol. The van der Waals surface area contributed by atoms with Crippen LogP contribution < -0.4 is 17.0 Å². The monoisotopic (exact) mass is 558 g/mol. The van der Waals surface area contributed by atoms with Crippen LogP contribution in [0.3, 0.4) is 0 Å². The lowest BCUT2D eigenvalue weighted by Crippen LogP contribution is -2.33. The Bertz CT molecular complexity index is 1980. The van der Waals surface area contributed by atoms with E-state index < -0.39 is 21.3 Å². The molecule has 0 unspecified atom stereocenters. The van der Waals surface area contributed by atoms with Crippen molar-refractivity contribution in [3.05, 3.63) is 109 Å². The first-order valence-electron chi connectivity index (χ1n) is 12.8. The Morgan fingerprint density at radius 3 is 2.27 bits per heavy atom. The van der Waals surface area contributed by atoms with Gasteiger partial charge in [-0.2, -0.15) is 4.68 Å². The van der Waals surface area contributed by atoms with Crippen LogP contribution in [0, 0.1) is 20.8 Å². The smallest absolute Gasteiger partial charge is 0.349 e. The van der Waals surface area contributed by atoms with E-state index in [1.54, 1.807) is 48.8 Å². The Labute approximate surface area is 231 Å². The lowest BCUT2D eigenvalue weighted by atomic mass is 9.96. The number of nitrogens with one attached hydrogen (secondary N) is 1. The van der Waals surface area contributed by atoms with Gasteiger partial charge < -0.3 is 5.73 Å². The van der Waals surface area contributed by atoms with Crippen LogP contribution in [0.25, 0.3) is 16.6 Å². The predicted octanol–water partition coefficient (Wildman–Crippen LogP) is 3.73. The zero-order valence-corrected chi connectivity index (χ0v) is 23.7. The van der Waals surface area contributed by atoms with Crippen molar-refractivity contribution in [1.82, 2.24) is 23.7 Å². The van der Waals surface area contributed by atoms with E-state index in [0.29, 0.717) is 17.6 Å². The Morgan fingerprint density at radius 1 is 1.00 bits per heavy atom. The Balaban J connectivity index is 1.56. The Hall–Kier alpha value is -4.51. The normalized spacial score (nSPS) is 11.9. The van der Waals surface area contributed by atoms with Crippen molar-refractivity contribution >= 4 is 26.7 Å². The standard InChI is InChI=1S/C29H30N6O4S/c1-16(2)25-15-34(40(38,39)22-8-6-17(3)7-9-22)26-14-31-20(13-24(25)26)12-23-18(4)10-21(11-19(23)5)35-29(37)32-28(36)27(30)33-35/h6-11,13-16H,12H2,1-5H3,(H2,30,33)(H,32,36,37). The summed E-state index contributed by atoms with van der Waals surface area (Å²) in [5.41, 5.74) is 10.7. The third kappa shape index (κ3) is 4.73. The minimum Gasteiger partial charge on any atom is -0.378 e. The van der Waals surface area contributed by atoms with Gasteiger partial charge in [-0.25, -0.2) is 17.2 Å². The number of nitrogens with two attached hydrogens (primary N) is 1. The van der Waals surface area contributed by atoms with Crippen LogP contribution in [-0.2, 0) is 16.4 Å². The number of pyridine rings is 1. The highest BCUT2D eigenvalue weighted by molar-refractivity contribution is 7.90. The van der Waals surface area contributed by atoms with Crippen molar-refractivity contribution in [3.8, 4) is 5.69 Å². The van der Waals surface area contributed by atoms with E-state index in [-0.39, 0.29) is 16.6 Å². The highest BCUT2D eigenvalue weighted by atomic mass is 32.2. The summed E-state index contributed by atoms with van der Waals surface area (Å²) in [5.74, 6) is -0.209. The summed E-state index contributed by atoms with van der Waals surface area (Å²) >= 11 is 0. The molecule has 10 nitrogen and oxygen atoms in total. The van der Waals surface area contributed by atoms with Crippen molar-refractivity contribution in [1.29, 1.82) is 0 Å². The van der Waals surface area contributed by atoms with Crippen molar-refractivity contribution in [2.24, 2.45) is 0 Å². The highest BCUT2D eigenvalue weighted by Gasteiger charge is 2.23. The van der Waals surface area contributed by atoms with E-state index in [2.05, 4.69) is 15.1 Å². The van der Waals surface area contributed by atoms with Crippen LogP contribution in [0.2, 0.25) is 0 Å². The maximum Gasteiger partial charge on any atom is 0.349 e. The van der Waals surface area contributed by atoms with Gasteiger partial charge >= 0.3 is 5.69 Å². The fourth-order valence-corrected chi connectivity index (χ4v) is 6.25. The topological polar surface area (TPSA) is 146 Å². The molecule has 5 rings (SSSR count). The molecule has 0 aliphatic heterocycles. The highest BCUT2D eigenvalue weighted by Crippen LogP contribution is 2.32. The molecule has 0 aliphatic rings. The van der Waals surface area contributed by atoms with Gasteiger partial charge in [-0.1, -0.05) is 31.5 Å². The molecule has 0 fully saturated rings. The van der Waals surface area contributed by atoms with E-state index in [0.717, 1.165) is 43.6 Å². The van der Waals surface area contributed by atoms with E-state index in [1.165, 1.54) is 3.97 Å². The molecule has 0 bridgehead atoms. The van der Waals surface area contributed by atoms with Crippen molar-refractivity contribution < 1.29 is 8.42 Å². The first-order valence-corrected chi connectivity index (χ1v) is 14.2. The lowest BCUT2D eigenvalue weighted by molar-refractivity contribution is 0.589. The van der Waals surface area contributed by atoms with Crippen LogP contribution in [0.1, 0.15) is 53.3 Å². The third-order valence-corrected chi connectivity index (χ3v) is 8.77. The fourth-order valence-electron chi connectivity index (χ4n) is 4.88. The summed E-state index contributed by atoms with van der Waals surface area (Å²) in [6.45, 7) is 9.83. The molecule has 3 heterocycles. The maximum absolute atomic E-state index is 13.6. The van der Waals surface area contributed by atoms with Crippen LogP contribution in [0.4, 0.5) is 5.82 Å². The van der Waals surface area contributed by atoms with Crippen molar-refractivity contribution in [2.45, 2.75) is 51.9 Å². The second-order valence-electron chi connectivity index (χ2n) is 10.3. The average molecular weight is 559 g/mol. The average Bonchev–Trinajstić information content (AvgIpc) is 3.28. The van der Waals surface area contributed by atoms with E-state index in [9.17, 15) is 18.0 Å². The maximum atomic E-state index is 13.6. The van der Waals surface area contributed by atoms with Gasteiger partial charge in [0.05, 0.1) is 22.3 Å². The predicted molar refractivity (Wildman–Crippen MR) is 155 cm³/mol. The number of fused-ring (bicyclic) bond motifs is 1. The minimum atomic E-state index is -3.81.